The van der Waals surface area contributed by atoms with Crippen molar-refractivity contribution in [3.63, 3.8) is 0 Å². The molecule has 2 amide bonds. The average molecular weight is 276 g/mol. The van der Waals surface area contributed by atoms with Gasteiger partial charge >= 0.3 is 0 Å². The number of carbonyl (C=O) groups is 2. The van der Waals surface area contributed by atoms with Gasteiger partial charge in [0.2, 0.25) is 11.8 Å². The third-order valence-corrected chi connectivity index (χ3v) is 3.55. The van der Waals surface area contributed by atoms with Crippen molar-refractivity contribution in [1.29, 1.82) is 0 Å². The molecule has 18 heavy (non-hydrogen) atoms. The number of amides is 2. The van der Waals surface area contributed by atoms with Gasteiger partial charge in [0.25, 0.3) is 0 Å². The van der Waals surface area contributed by atoms with Crippen LogP contribution >= 0.6 is 12.4 Å². The van der Waals surface area contributed by atoms with Gasteiger partial charge in [-0.25, -0.2) is 0 Å². The summed E-state index contributed by atoms with van der Waals surface area (Å²) >= 11 is 0. The average Bonchev–Trinajstić information content (AvgIpc) is 3.11. The monoisotopic (exact) mass is 275 g/mol. The van der Waals surface area contributed by atoms with E-state index in [2.05, 4.69) is 10.6 Å². The van der Waals surface area contributed by atoms with E-state index < -0.39 is 5.54 Å². The van der Waals surface area contributed by atoms with Gasteiger partial charge in [-0.1, -0.05) is 19.3 Å². The van der Waals surface area contributed by atoms with Crippen LogP contribution < -0.4 is 16.4 Å². The van der Waals surface area contributed by atoms with Crippen molar-refractivity contribution in [1.82, 2.24) is 10.6 Å². The zero-order valence-electron chi connectivity index (χ0n) is 10.5. The Balaban J connectivity index is 0.00000162. The molecule has 0 spiro atoms. The van der Waals surface area contributed by atoms with Crippen LogP contribution in [0.4, 0.5) is 0 Å². The summed E-state index contributed by atoms with van der Waals surface area (Å²) in [5, 5.41) is 5.48. The molecule has 4 N–H and O–H groups in total. The predicted octanol–water partition coefficient (Wildman–Crippen LogP) is 0.465. The minimum atomic E-state index is -0.752. The maximum atomic E-state index is 11.9. The second-order valence-electron chi connectivity index (χ2n) is 5.24. The van der Waals surface area contributed by atoms with Gasteiger partial charge in [0.15, 0.2) is 0 Å². The fourth-order valence-electron chi connectivity index (χ4n) is 2.25. The number of carbonyl (C=O) groups excluding carboxylic acids is 2. The zero-order valence-corrected chi connectivity index (χ0v) is 11.4. The van der Waals surface area contributed by atoms with Crippen LogP contribution in [0.2, 0.25) is 0 Å². The maximum absolute atomic E-state index is 11.9. The summed E-state index contributed by atoms with van der Waals surface area (Å²) in [6.07, 6.45) is 6.71. The highest BCUT2D eigenvalue weighted by atomic mass is 35.5. The summed E-state index contributed by atoms with van der Waals surface area (Å²) in [7, 11) is 0. The fraction of sp³-hybridized carbons (Fsp3) is 0.833. The summed E-state index contributed by atoms with van der Waals surface area (Å²) in [6, 6.07) is 0.334. The molecule has 6 heteroatoms. The zero-order chi connectivity index (χ0) is 12.3. The third kappa shape index (κ3) is 4.14. The molecule has 0 aromatic heterocycles. The maximum Gasteiger partial charge on any atom is 0.240 e. The minimum absolute atomic E-state index is 0. The van der Waals surface area contributed by atoms with E-state index in [9.17, 15) is 9.59 Å². The van der Waals surface area contributed by atoms with Crippen LogP contribution in [0.25, 0.3) is 0 Å². The molecule has 0 aromatic rings. The lowest BCUT2D eigenvalue weighted by Gasteiger charge is -2.31. The topological polar surface area (TPSA) is 84.2 Å². The van der Waals surface area contributed by atoms with Crippen molar-refractivity contribution in [2.24, 2.45) is 5.73 Å². The lowest BCUT2D eigenvalue weighted by atomic mass is 9.82. The molecule has 0 aliphatic heterocycles. The molecule has 0 aromatic carbocycles. The largest absolute Gasteiger partial charge is 0.352 e. The van der Waals surface area contributed by atoms with E-state index in [-0.39, 0.29) is 30.8 Å². The highest BCUT2D eigenvalue weighted by Gasteiger charge is 2.35. The van der Waals surface area contributed by atoms with Gasteiger partial charge < -0.3 is 16.4 Å². The van der Waals surface area contributed by atoms with Crippen LogP contribution in [-0.2, 0) is 9.59 Å². The molecule has 2 saturated carbocycles. The summed E-state index contributed by atoms with van der Waals surface area (Å²) < 4.78 is 0. The van der Waals surface area contributed by atoms with Crippen LogP contribution in [0, 0.1) is 0 Å². The van der Waals surface area contributed by atoms with Gasteiger partial charge in [-0.3, -0.25) is 9.59 Å². The molecule has 2 aliphatic rings. The summed E-state index contributed by atoms with van der Waals surface area (Å²) in [5.41, 5.74) is 5.31. The molecule has 0 bridgehead atoms. The van der Waals surface area contributed by atoms with Gasteiger partial charge in [-0.15, -0.1) is 12.4 Å². The van der Waals surface area contributed by atoms with Gasteiger partial charge in [-0.2, -0.15) is 0 Å². The van der Waals surface area contributed by atoms with Crippen LogP contribution in [0.15, 0.2) is 0 Å². The first kappa shape index (κ1) is 15.2. The fourth-order valence-corrected chi connectivity index (χ4v) is 2.25. The lowest BCUT2D eigenvalue weighted by Crippen LogP contribution is -2.56. The second kappa shape index (κ2) is 6.38. The van der Waals surface area contributed by atoms with E-state index in [0.717, 1.165) is 44.9 Å². The molecule has 0 radical (unpaired) electrons. The molecule has 5 nitrogen and oxygen atoms in total. The first-order valence-electron chi connectivity index (χ1n) is 6.47. The summed E-state index contributed by atoms with van der Waals surface area (Å²) in [4.78, 5) is 23.3. The van der Waals surface area contributed by atoms with Crippen molar-refractivity contribution in [3.05, 3.63) is 0 Å². The second-order valence-corrected chi connectivity index (χ2v) is 5.24. The summed E-state index contributed by atoms with van der Waals surface area (Å²) in [5.74, 6) is -0.289. The Kier molecular flexibility index (Phi) is 5.41. The number of nitrogens with two attached hydrogens (primary N) is 1. The lowest BCUT2D eigenvalue weighted by molar-refractivity contribution is -0.130. The molecule has 2 aliphatic carbocycles. The number of hydrogen-bond acceptors (Lipinski definition) is 3. The van der Waals surface area contributed by atoms with Gasteiger partial charge in [0.05, 0.1) is 12.1 Å². The molecule has 104 valence electrons. The van der Waals surface area contributed by atoms with Crippen molar-refractivity contribution in [2.75, 3.05) is 6.54 Å². The number of nitrogens with one attached hydrogen (secondary N) is 2. The Morgan fingerprint density at radius 2 is 1.78 bits per heavy atom. The number of rotatable bonds is 4. The molecular formula is C12H22ClN3O2. The Bertz CT molecular complexity index is 312. The van der Waals surface area contributed by atoms with E-state index >= 15 is 0 Å². The van der Waals surface area contributed by atoms with Gasteiger partial charge in [0, 0.05) is 6.04 Å². The molecule has 0 atom stereocenters. The minimum Gasteiger partial charge on any atom is -0.352 e. The third-order valence-electron chi connectivity index (χ3n) is 3.55. The SMILES string of the molecule is Cl.NC1(C(=O)NCC(=O)NC2CC2)CCCCC1. The molecule has 0 saturated heterocycles. The highest BCUT2D eigenvalue weighted by Crippen LogP contribution is 2.25. The van der Waals surface area contributed by atoms with Crippen molar-refractivity contribution in [3.8, 4) is 0 Å². The quantitative estimate of drug-likeness (QED) is 0.697. The number of halogens is 1. The molecule has 2 fully saturated rings. The predicted molar refractivity (Wildman–Crippen MR) is 71.4 cm³/mol. The van der Waals surface area contributed by atoms with E-state index in [1.54, 1.807) is 0 Å². The van der Waals surface area contributed by atoms with E-state index in [1.807, 2.05) is 0 Å². The normalized spacial score (nSPS) is 21.6. The van der Waals surface area contributed by atoms with E-state index in [0.29, 0.717) is 6.04 Å². The Hall–Kier alpha value is -0.810. The van der Waals surface area contributed by atoms with Crippen LogP contribution in [0.5, 0.6) is 0 Å². The number of hydrogen-bond donors (Lipinski definition) is 3. The standard InChI is InChI=1S/C12H21N3O2.ClH/c13-12(6-2-1-3-7-12)11(17)14-8-10(16)15-9-4-5-9;/h9H,1-8,13H2,(H,14,17)(H,15,16);1H. The van der Waals surface area contributed by atoms with Crippen LogP contribution in [0.3, 0.4) is 0 Å². The van der Waals surface area contributed by atoms with E-state index in [1.165, 1.54) is 0 Å². The molecular weight excluding hydrogens is 254 g/mol. The molecule has 0 unspecified atom stereocenters. The van der Waals surface area contributed by atoms with Crippen molar-refractivity contribution in [2.45, 2.75) is 56.5 Å². The Morgan fingerprint density at radius 3 is 2.33 bits per heavy atom. The summed E-state index contributed by atoms with van der Waals surface area (Å²) in [6.45, 7) is 0.0499. The van der Waals surface area contributed by atoms with Gasteiger partial charge in [0.1, 0.15) is 0 Å². The smallest absolute Gasteiger partial charge is 0.240 e. The van der Waals surface area contributed by atoms with Crippen molar-refractivity contribution >= 4 is 24.2 Å². The molecule has 2 rings (SSSR count). The Morgan fingerprint density at radius 1 is 1.17 bits per heavy atom. The Labute approximate surface area is 114 Å². The van der Waals surface area contributed by atoms with Gasteiger partial charge in [-0.05, 0) is 25.7 Å². The van der Waals surface area contributed by atoms with Crippen molar-refractivity contribution < 1.29 is 9.59 Å². The molecule has 0 heterocycles. The van der Waals surface area contributed by atoms with Crippen LogP contribution in [0.1, 0.15) is 44.9 Å². The first-order chi connectivity index (χ1) is 8.10. The highest BCUT2D eigenvalue weighted by molar-refractivity contribution is 5.90. The van der Waals surface area contributed by atoms with Crippen LogP contribution in [-0.4, -0.2) is 29.9 Å². The van der Waals surface area contributed by atoms with E-state index in [4.69, 9.17) is 5.73 Å². The first-order valence-corrected chi connectivity index (χ1v) is 6.47.